The fourth-order valence-corrected chi connectivity index (χ4v) is 0.535. The van der Waals surface area contributed by atoms with Crippen LogP contribution in [0.2, 0.25) is 0 Å². The molecule has 0 aliphatic carbocycles. The van der Waals surface area contributed by atoms with Crippen molar-refractivity contribution in [1.29, 1.82) is 0 Å². The van der Waals surface area contributed by atoms with E-state index in [9.17, 15) is 4.79 Å². The van der Waals surface area contributed by atoms with Gasteiger partial charge in [0, 0.05) is 6.61 Å². The van der Waals surface area contributed by atoms with Crippen LogP contribution in [0.4, 0.5) is 0 Å². The molecular formula is C8H14O3. The lowest BCUT2D eigenvalue weighted by molar-refractivity contribution is -0.110. The fourth-order valence-electron chi connectivity index (χ4n) is 0.535. The summed E-state index contributed by atoms with van der Waals surface area (Å²) in [7, 11) is 0. The number of aldehydes is 1. The molecular weight excluding hydrogens is 144 g/mol. The monoisotopic (exact) mass is 158 g/mol. The van der Waals surface area contributed by atoms with Gasteiger partial charge in [0.05, 0.1) is 0 Å². The van der Waals surface area contributed by atoms with E-state index in [1.165, 1.54) is 0 Å². The maximum Gasteiger partial charge on any atom is 0.189 e. The van der Waals surface area contributed by atoms with Crippen LogP contribution in [0.1, 0.15) is 20.3 Å². The summed E-state index contributed by atoms with van der Waals surface area (Å²) in [4.78, 5) is 10.2. The average Bonchev–Trinajstić information content (AvgIpc) is 2.03. The maximum atomic E-state index is 10.2. The number of hydrogen-bond donors (Lipinski definition) is 0. The first-order chi connectivity index (χ1) is 5.35. The highest BCUT2D eigenvalue weighted by atomic mass is 16.7. The molecule has 0 spiro atoms. The van der Waals surface area contributed by atoms with Crippen LogP contribution in [0.15, 0.2) is 11.8 Å². The maximum absolute atomic E-state index is 10.2. The topological polar surface area (TPSA) is 35.5 Å². The lowest BCUT2D eigenvalue weighted by Crippen LogP contribution is -2.00. The zero-order valence-corrected chi connectivity index (χ0v) is 7.00. The Labute approximate surface area is 67.0 Å². The molecule has 0 unspecified atom stereocenters. The van der Waals surface area contributed by atoms with E-state index in [0.717, 1.165) is 6.42 Å². The highest BCUT2D eigenvalue weighted by molar-refractivity contribution is 5.69. The molecule has 0 heterocycles. The SMILES string of the molecule is CC/C=C(\C=O)OCOCC. The molecule has 0 amide bonds. The zero-order valence-electron chi connectivity index (χ0n) is 7.00. The Bertz CT molecular complexity index is 129. The minimum Gasteiger partial charge on any atom is -0.464 e. The summed E-state index contributed by atoms with van der Waals surface area (Å²) in [5.74, 6) is 0.348. The predicted molar refractivity (Wildman–Crippen MR) is 42.0 cm³/mol. The van der Waals surface area contributed by atoms with Gasteiger partial charge in [0.1, 0.15) is 0 Å². The van der Waals surface area contributed by atoms with E-state index in [1.807, 2.05) is 13.8 Å². The lowest BCUT2D eigenvalue weighted by Gasteiger charge is -2.03. The Morgan fingerprint density at radius 1 is 1.45 bits per heavy atom. The summed E-state index contributed by atoms with van der Waals surface area (Å²) < 4.78 is 9.83. The third-order valence-electron chi connectivity index (χ3n) is 1.03. The Kier molecular flexibility index (Phi) is 6.73. The molecule has 64 valence electrons. The van der Waals surface area contributed by atoms with E-state index in [4.69, 9.17) is 9.47 Å². The molecule has 0 bridgehead atoms. The van der Waals surface area contributed by atoms with Gasteiger partial charge in [-0.1, -0.05) is 6.92 Å². The Balaban J connectivity index is 3.52. The third kappa shape index (κ3) is 5.61. The van der Waals surface area contributed by atoms with Crippen molar-refractivity contribution >= 4 is 6.29 Å². The van der Waals surface area contributed by atoms with Gasteiger partial charge in [-0.3, -0.25) is 4.79 Å². The normalized spacial score (nSPS) is 11.3. The summed E-state index contributed by atoms with van der Waals surface area (Å²) in [6, 6.07) is 0. The molecule has 0 aromatic heterocycles. The summed E-state index contributed by atoms with van der Waals surface area (Å²) in [6.07, 6.45) is 3.19. The lowest BCUT2D eigenvalue weighted by atomic mass is 10.4. The number of rotatable bonds is 6. The standard InChI is InChI=1S/C8H14O3/c1-3-5-8(6-9)11-7-10-4-2/h5-6H,3-4,7H2,1-2H3/b8-5+. The predicted octanol–water partition coefficient (Wildman–Crippen LogP) is 1.49. The van der Waals surface area contributed by atoms with Crippen LogP contribution >= 0.6 is 0 Å². The molecule has 0 aromatic rings. The van der Waals surface area contributed by atoms with Crippen molar-refractivity contribution in [3.63, 3.8) is 0 Å². The second-order valence-corrected chi connectivity index (χ2v) is 1.89. The second kappa shape index (κ2) is 7.28. The molecule has 0 aliphatic heterocycles. The average molecular weight is 158 g/mol. The number of hydrogen-bond acceptors (Lipinski definition) is 3. The van der Waals surface area contributed by atoms with Crippen molar-refractivity contribution in [3.05, 3.63) is 11.8 Å². The number of carbonyl (C=O) groups excluding carboxylic acids is 1. The molecule has 0 radical (unpaired) electrons. The first kappa shape index (κ1) is 10.2. The minimum atomic E-state index is 0.154. The van der Waals surface area contributed by atoms with E-state index in [2.05, 4.69) is 0 Å². The molecule has 0 aromatic carbocycles. The summed E-state index contributed by atoms with van der Waals surface area (Å²) in [5.41, 5.74) is 0. The van der Waals surface area contributed by atoms with Crippen molar-refractivity contribution in [3.8, 4) is 0 Å². The van der Waals surface area contributed by atoms with E-state index < -0.39 is 0 Å². The smallest absolute Gasteiger partial charge is 0.189 e. The molecule has 3 heteroatoms. The van der Waals surface area contributed by atoms with E-state index in [-0.39, 0.29) is 6.79 Å². The first-order valence-electron chi connectivity index (χ1n) is 3.71. The van der Waals surface area contributed by atoms with E-state index in [1.54, 1.807) is 6.08 Å². The summed E-state index contributed by atoms with van der Waals surface area (Å²) >= 11 is 0. The number of ether oxygens (including phenoxy) is 2. The third-order valence-corrected chi connectivity index (χ3v) is 1.03. The fraction of sp³-hybridized carbons (Fsp3) is 0.625. The summed E-state index contributed by atoms with van der Waals surface area (Å²) in [6.45, 7) is 4.56. The van der Waals surface area contributed by atoms with Gasteiger partial charge >= 0.3 is 0 Å². The molecule has 0 aliphatic rings. The zero-order chi connectivity index (χ0) is 8.53. The van der Waals surface area contributed by atoms with Crippen LogP contribution < -0.4 is 0 Å². The summed E-state index contributed by atoms with van der Waals surface area (Å²) in [5, 5.41) is 0. The van der Waals surface area contributed by atoms with Gasteiger partial charge in [0.25, 0.3) is 0 Å². The van der Waals surface area contributed by atoms with Gasteiger partial charge in [-0.2, -0.15) is 0 Å². The van der Waals surface area contributed by atoms with Gasteiger partial charge in [0.15, 0.2) is 18.8 Å². The van der Waals surface area contributed by atoms with Gasteiger partial charge in [-0.15, -0.1) is 0 Å². The Morgan fingerprint density at radius 3 is 2.64 bits per heavy atom. The molecule has 0 atom stereocenters. The quantitative estimate of drug-likeness (QED) is 0.193. The van der Waals surface area contributed by atoms with Crippen LogP contribution in [-0.4, -0.2) is 19.7 Å². The Morgan fingerprint density at radius 2 is 2.18 bits per heavy atom. The molecule has 11 heavy (non-hydrogen) atoms. The van der Waals surface area contributed by atoms with Crippen LogP contribution in [0.5, 0.6) is 0 Å². The van der Waals surface area contributed by atoms with Gasteiger partial charge in [0.2, 0.25) is 0 Å². The largest absolute Gasteiger partial charge is 0.464 e. The van der Waals surface area contributed by atoms with Gasteiger partial charge in [-0.25, -0.2) is 0 Å². The minimum absolute atomic E-state index is 0.154. The Hall–Kier alpha value is -0.830. The molecule has 0 saturated heterocycles. The van der Waals surface area contributed by atoms with Crippen molar-refractivity contribution in [2.24, 2.45) is 0 Å². The molecule has 0 rings (SSSR count). The van der Waals surface area contributed by atoms with Crippen molar-refractivity contribution in [2.45, 2.75) is 20.3 Å². The first-order valence-corrected chi connectivity index (χ1v) is 3.71. The highest BCUT2D eigenvalue weighted by Gasteiger charge is 1.92. The van der Waals surface area contributed by atoms with Crippen LogP contribution in [0.3, 0.4) is 0 Å². The highest BCUT2D eigenvalue weighted by Crippen LogP contribution is 1.95. The number of carbonyl (C=O) groups is 1. The van der Waals surface area contributed by atoms with E-state index in [0.29, 0.717) is 18.7 Å². The molecule has 3 nitrogen and oxygen atoms in total. The van der Waals surface area contributed by atoms with Crippen molar-refractivity contribution in [2.75, 3.05) is 13.4 Å². The molecule has 0 fully saturated rings. The van der Waals surface area contributed by atoms with Gasteiger partial charge in [-0.05, 0) is 19.4 Å². The van der Waals surface area contributed by atoms with Crippen molar-refractivity contribution < 1.29 is 14.3 Å². The van der Waals surface area contributed by atoms with Crippen LogP contribution in [0.25, 0.3) is 0 Å². The van der Waals surface area contributed by atoms with Crippen molar-refractivity contribution in [1.82, 2.24) is 0 Å². The van der Waals surface area contributed by atoms with Crippen LogP contribution in [-0.2, 0) is 14.3 Å². The number of allylic oxidation sites excluding steroid dienone is 2. The molecule has 0 N–H and O–H groups in total. The van der Waals surface area contributed by atoms with Gasteiger partial charge < -0.3 is 9.47 Å². The molecule has 0 saturated carbocycles. The van der Waals surface area contributed by atoms with E-state index >= 15 is 0 Å². The van der Waals surface area contributed by atoms with Crippen LogP contribution in [0, 0.1) is 0 Å². The second-order valence-electron chi connectivity index (χ2n) is 1.89.